The summed E-state index contributed by atoms with van der Waals surface area (Å²) in [6.07, 6.45) is -8.79. The lowest BCUT2D eigenvalue weighted by Crippen LogP contribution is -2.21. The van der Waals surface area contributed by atoms with Gasteiger partial charge in [-0.1, -0.05) is 11.8 Å². The van der Waals surface area contributed by atoms with Crippen LogP contribution in [0, 0.1) is 6.92 Å². The number of fused-ring (bicyclic) bond motifs is 1. The van der Waals surface area contributed by atoms with Crippen molar-refractivity contribution in [1.82, 2.24) is 15.0 Å². The molecule has 3 rings (SSSR count). The predicted molar refractivity (Wildman–Crippen MR) is 94.5 cm³/mol. The van der Waals surface area contributed by atoms with E-state index in [2.05, 4.69) is 24.4 Å². The molecule has 30 heavy (non-hydrogen) atoms. The van der Waals surface area contributed by atoms with Gasteiger partial charge in [-0.2, -0.15) is 0 Å². The van der Waals surface area contributed by atoms with Crippen molar-refractivity contribution in [2.45, 2.75) is 30.6 Å². The van der Waals surface area contributed by atoms with Gasteiger partial charge in [0.2, 0.25) is 0 Å². The summed E-state index contributed by atoms with van der Waals surface area (Å²) in [7, 11) is 1.51. The normalized spacial score (nSPS) is 12.3. The van der Waals surface area contributed by atoms with Crippen LogP contribution in [-0.4, -0.2) is 34.8 Å². The van der Waals surface area contributed by atoms with Crippen LogP contribution >= 0.6 is 11.8 Å². The van der Waals surface area contributed by atoms with Crippen LogP contribution in [0.3, 0.4) is 0 Å². The third-order valence-electron chi connectivity index (χ3n) is 3.66. The van der Waals surface area contributed by atoms with E-state index in [1.807, 2.05) is 6.92 Å². The van der Waals surface area contributed by atoms with E-state index in [0.29, 0.717) is 17.2 Å². The van der Waals surface area contributed by atoms with Crippen molar-refractivity contribution in [1.29, 1.82) is 0 Å². The number of nitrogens with zero attached hydrogens (tertiary/aromatic N) is 2. The van der Waals surface area contributed by atoms with Gasteiger partial charge >= 0.3 is 12.7 Å². The molecule has 0 saturated heterocycles. The molecule has 0 aliphatic heterocycles. The number of thioether (sulfide) groups is 1. The summed E-state index contributed by atoms with van der Waals surface area (Å²) in [5.41, 5.74) is 1.50. The van der Waals surface area contributed by atoms with Gasteiger partial charge in [-0.05, 0) is 6.92 Å². The number of ether oxygens (including phenoxy) is 3. The Labute approximate surface area is 169 Å². The van der Waals surface area contributed by atoms with E-state index < -0.39 is 24.2 Å². The van der Waals surface area contributed by atoms with Gasteiger partial charge < -0.3 is 19.2 Å². The minimum absolute atomic E-state index is 0.0271. The summed E-state index contributed by atoms with van der Waals surface area (Å²) < 4.78 is 87.8. The molecule has 0 radical (unpaired) electrons. The van der Waals surface area contributed by atoms with Crippen molar-refractivity contribution in [3.63, 3.8) is 0 Å². The summed E-state index contributed by atoms with van der Waals surface area (Å²) in [6.45, 7) is 1.82. The standard InChI is InChI=1S/C17H13F6N3O3S/c1-8-6-24-9(3-12(8)27-2)7-30-15-25-10-4-13(28-16(18,19)20)14(5-11(10)26-15)29-17(21,22)23/h3-6H,7H2,1-2H3,(H,25,26). The molecule has 0 bridgehead atoms. The summed E-state index contributed by atoms with van der Waals surface area (Å²) in [5.74, 6) is -1.33. The van der Waals surface area contributed by atoms with E-state index >= 15 is 0 Å². The first-order valence-corrected chi connectivity index (χ1v) is 9.09. The van der Waals surface area contributed by atoms with Crippen molar-refractivity contribution in [2.75, 3.05) is 7.11 Å². The number of hydrogen-bond acceptors (Lipinski definition) is 6. The molecule has 0 amide bonds. The third kappa shape index (κ3) is 5.62. The zero-order chi connectivity index (χ0) is 22.1. The fourth-order valence-corrected chi connectivity index (χ4v) is 3.25. The van der Waals surface area contributed by atoms with Crippen molar-refractivity contribution in [3.05, 3.63) is 35.7 Å². The number of rotatable bonds is 6. The van der Waals surface area contributed by atoms with E-state index in [1.54, 1.807) is 12.3 Å². The summed E-state index contributed by atoms with van der Waals surface area (Å²) in [4.78, 5) is 11.0. The quantitative estimate of drug-likeness (QED) is 0.400. The fraction of sp³-hybridized carbons (Fsp3) is 0.294. The molecule has 162 valence electrons. The number of hydrogen-bond donors (Lipinski definition) is 1. The molecule has 1 N–H and O–H groups in total. The number of aromatic amines is 1. The molecule has 1 aromatic carbocycles. The minimum Gasteiger partial charge on any atom is -0.496 e. The molecule has 0 atom stereocenters. The van der Waals surface area contributed by atoms with E-state index in [9.17, 15) is 26.3 Å². The van der Waals surface area contributed by atoms with Crippen LogP contribution in [0.5, 0.6) is 17.2 Å². The van der Waals surface area contributed by atoms with Gasteiger partial charge in [-0.3, -0.25) is 4.98 Å². The van der Waals surface area contributed by atoms with Gasteiger partial charge in [0.1, 0.15) is 5.75 Å². The molecule has 0 fully saturated rings. The molecule has 0 aliphatic carbocycles. The zero-order valence-corrected chi connectivity index (χ0v) is 16.1. The van der Waals surface area contributed by atoms with Crippen molar-refractivity contribution >= 4 is 22.8 Å². The van der Waals surface area contributed by atoms with Crippen LogP contribution in [0.15, 0.2) is 29.6 Å². The summed E-state index contributed by atoms with van der Waals surface area (Å²) in [6, 6.07) is 3.18. The number of halogens is 6. The first-order valence-electron chi connectivity index (χ1n) is 8.11. The van der Waals surface area contributed by atoms with Crippen LogP contribution in [0.4, 0.5) is 26.3 Å². The Kier molecular flexibility index (Phi) is 5.92. The molecule has 0 aliphatic rings. The summed E-state index contributed by atoms with van der Waals surface area (Å²) in [5, 5.41) is 0.258. The molecule has 2 heterocycles. The number of aryl methyl sites for hydroxylation is 1. The average molecular weight is 453 g/mol. The Morgan fingerprint density at radius 3 is 2.20 bits per heavy atom. The highest BCUT2D eigenvalue weighted by Crippen LogP contribution is 2.39. The van der Waals surface area contributed by atoms with E-state index in [-0.39, 0.29) is 16.2 Å². The molecule has 3 aromatic rings. The number of pyridine rings is 1. The van der Waals surface area contributed by atoms with Crippen LogP contribution < -0.4 is 14.2 Å². The van der Waals surface area contributed by atoms with Gasteiger partial charge in [-0.25, -0.2) is 4.98 Å². The second kappa shape index (κ2) is 8.13. The molecule has 13 heteroatoms. The Morgan fingerprint density at radius 2 is 1.60 bits per heavy atom. The first-order chi connectivity index (χ1) is 13.9. The number of benzene rings is 1. The molecule has 0 spiro atoms. The van der Waals surface area contributed by atoms with E-state index in [1.165, 1.54) is 7.11 Å². The topological polar surface area (TPSA) is 69.3 Å². The average Bonchev–Trinajstić information content (AvgIpc) is 3.00. The molecule has 6 nitrogen and oxygen atoms in total. The fourth-order valence-electron chi connectivity index (χ4n) is 2.46. The first kappa shape index (κ1) is 21.9. The molecular weight excluding hydrogens is 440 g/mol. The van der Waals surface area contributed by atoms with Gasteiger partial charge in [0, 0.05) is 35.7 Å². The van der Waals surface area contributed by atoms with E-state index in [0.717, 1.165) is 29.5 Å². The monoisotopic (exact) mass is 453 g/mol. The Balaban J connectivity index is 1.87. The zero-order valence-electron chi connectivity index (χ0n) is 15.3. The Morgan fingerprint density at radius 1 is 0.967 bits per heavy atom. The minimum atomic E-state index is -5.21. The number of H-pyrrole nitrogens is 1. The second-order valence-corrected chi connectivity index (χ2v) is 6.85. The van der Waals surface area contributed by atoms with Crippen LogP contribution in [0.2, 0.25) is 0 Å². The smallest absolute Gasteiger partial charge is 0.496 e. The Bertz CT molecular complexity index is 999. The van der Waals surface area contributed by atoms with Gasteiger partial charge in [0.05, 0.1) is 23.8 Å². The highest BCUT2D eigenvalue weighted by atomic mass is 32.2. The summed E-state index contributed by atoms with van der Waals surface area (Å²) >= 11 is 1.15. The van der Waals surface area contributed by atoms with E-state index in [4.69, 9.17) is 4.74 Å². The van der Waals surface area contributed by atoms with Gasteiger partial charge in [0.25, 0.3) is 0 Å². The molecule has 0 saturated carbocycles. The molecule has 2 aromatic heterocycles. The lowest BCUT2D eigenvalue weighted by atomic mass is 10.2. The van der Waals surface area contributed by atoms with Gasteiger partial charge in [-0.15, -0.1) is 26.3 Å². The lowest BCUT2D eigenvalue weighted by molar-refractivity contribution is -0.287. The second-order valence-electron chi connectivity index (χ2n) is 5.89. The van der Waals surface area contributed by atoms with Crippen LogP contribution in [0.25, 0.3) is 11.0 Å². The number of nitrogens with one attached hydrogen (secondary N) is 1. The maximum absolute atomic E-state index is 12.6. The number of methoxy groups -OCH3 is 1. The largest absolute Gasteiger partial charge is 0.573 e. The molecular formula is C17H13F6N3O3S. The Hall–Kier alpha value is -2.83. The maximum atomic E-state index is 12.6. The number of imidazole rings is 1. The van der Waals surface area contributed by atoms with Crippen molar-refractivity contribution in [2.24, 2.45) is 0 Å². The highest BCUT2D eigenvalue weighted by molar-refractivity contribution is 7.98. The highest BCUT2D eigenvalue weighted by Gasteiger charge is 2.37. The van der Waals surface area contributed by atoms with Crippen molar-refractivity contribution < 1.29 is 40.6 Å². The van der Waals surface area contributed by atoms with Crippen LogP contribution in [-0.2, 0) is 5.75 Å². The maximum Gasteiger partial charge on any atom is 0.573 e. The van der Waals surface area contributed by atoms with Crippen LogP contribution in [0.1, 0.15) is 11.3 Å². The molecule has 0 unspecified atom stereocenters. The number of alkyl halides is 6. The third-order valence-corrected chi connectivity index (χ3v) is 4.57. The number of aromatic nitrogens is 3. The predicted octanol–water partition coefficient (Wildman–Crippen LogP) is 5.36. The SMILES string of the molecule is COc1cc(CSc2nc3cc(OC(F)(F)F)c(OC(F)(F)F)cc3[nH]2)ncc1C. The lowest BCUT2D eigenvalue weighted by Gasteiger charge is -2.15. The van der Waals surface area contributed by atoms with Crippen molar-refractivity contribution in [3.8, 4) is 17.2 Å². The van der Waals surface area contributed by atoms with Gasteiger partial charge in [0.15, 0.2) is 16.7 Å².